The SMILES string of the molecule is C[C@@H]1CCCN1CCc1cc2cc(-c3cnn(-c4ccccc4)c3)ccc2o1. The molecule has 0 saturated carbocycles. The van der Waals surface area contributed by atoms with Gasteiger partial charge >= 0.3 is 0 Å². The van der Waals surface area contributed by atoms with E-state index in [0.717, 1.165) is 46.5 Å². The summed E-state index contributed by atoms with van der Waals surface area (Å²) in [5, 5.41) is 5.68. The predicted octanol–water partition coefficient (Wildman–Crippen LogP) is 5.31. The fourth-order valence-corrected chi connectivity index (χ4v) is 4.17. The number of nitrogens with zero attached hydrogens (tertiary/aromatic N) is 3. The van der Waals surface area contributed by atoms with Gasteiger partial charge < -0.3 is 9.32 Å². The first-order chi connectivity index (χ1) is 13.8. The number of benzene rings is 2. The lowest BCUT2D eigenvalue weighted by Gasteiger charge is -2.19. The van der Waals surface area contributed by atoms with Crippen molar-refractivity contribution in [2.45, 2.75) is 32.2 Å². The Bertz CT molecular complexity index is 1080. The minimum atomic E-state index is 0.706. The largest absolute Gasteiger partial charge is 0.461 e. The summed E-state index contributed by atoms with van der Waals surface area (Å²) in [6.45, 7) is 4.63. The van der Waals surface area contributed by atoms with Crippen molar-refractivity contribution in [1.29, 1.82) is 0 Å². The van der Waals surface area contributed by atoms with E-state index in [4.69, 9.17) is 4.42 Å². The zero-order valence-electron chi connectivity index (χ0n) is 16.2. The second-order valence-corrected chi connectivity index (χ2v) is 7.75. The lowest BCUT2D eigenvalue weighted by atomic mass is 10.1. The third kappa shape index (κ3) is 3.36. The third-order valence-corrected chi connectivity index (χ3v) is 5.84. The molecule has 1 atom stereocenters. The molecule has 0 radical (unpaired) electrons. The summed E-state index contributed by atoms with van der Waals surface area (Å²) in [5.41, 5.74) is 4.30. The van der Waals surface area contributed by atoms with E-state index in [1.807, 2.05) is 29.1 Å². The van der Waals surface area contributed by atoms with Gasteiger partial charge in [-0.3, -0.25) is 0 Å². The summed E-state index contributed by atoms with van der Waals surface area (Å²) >= 11 is 0. The smallest absolute Gasteiger partial charge is 0.134 e. The molecule has 4 heteroatoms. The average molecular weight is 371 g/mol. The summed E-state index contributed by atoms with van der Waals surface area (Å²) in [7, 11) is 0. The number of furan rings is 1. The van der Waals surface area contributed by atoms with Crippen molar-refractivity contribution < 1.29 is 4.42 Å². The van der Waals surface area contributed by atoms with Gasteiger partial charge in [0.1, 0.15) is 11.3 Å². The summed E-state index contributed by atoms with van der Waals surface area (Å²) < 4.78 is 8.00. The molecule has 5 rings (SSSR count). The molecule has 0 amide bonds. The van der Waals surface area contributed by atoms with E-state index in [0.29, 0.717) is 6.04 Å². The van der Waals surface area contributed by atoms with Crippen LogP contribution in [0.25, 0.3) is 27.8 Å². The van der Waals surface area contributed by atoms with Crippen molar-refractivity contribution in [1.82, 2.24) is 14.7 Å². The molecular weight excluding hydrogens is 346 g/mol. The molecule has 1 saturated heterocycles. The highest BCUT2D eigenvalue weighted by atomic mass is 16.3. The highest BCUT2D eigenvalue weighted by Crippen LogP contribution is 2.28. The van der Waals surface area contributed by atoms with Gasteiger partial charge in [0, 0.05) is 36.2 Å². The standard InChI is InChI=1S/C24H25N3O/c1-18-6-5-12-26(18)13-11-23-15-20-14-19(9-10-24(20)28-23)21-16-25-27(17-21)22-7-3-2-4-8-22/h2-4,7-10,14-18H,5-6,11-13H2,1H3/t18-/m1/s1. The Morgan fingerprint density at radius 2 is 1.96 bits per heavy atom. The zero-order valence-corrected chi connectivity index (χ0v) is 16.2. The lowest BCUT2D eigenvalue weighted by molar-refractivity contribution is 0.266. The average Bonchev–Trinajstić information content (AvgIpc) is 3.46. The van der Waals surface area contributed by atoms with Crippen molar-refractivity contribution in [2.75, 3.05) is 13.1 Å². The van der Waals surface area contributed by atoms with Gasteiger partial charge in [-0.05, 0) is 62.2 Å². The number of hydrogen-bond acceptors (Lipinski definition) is 3. The normalized spacial score (nSPS) is 17.5. The number of likely N-dealkylation sites (tertiary alicyclic amines) is 1. The summed E-state index contributed by atoms with van der Waals surface area (Å²) in [6, 6.07) is 19.5. The van der Waals surface area contributed by atoms with Crippen LogP contribution in [0, 0.1) is 0 Å². The molecule has 0 N–H and O–H groups in total. The lowest BCUT2D eigenvalue weighted by Crippen LogP contribution is -2.28. The third-order valence-electron chi connectivity index (χ3n) is 5.84. The number of hydrogen-bond donors (Lipinski definition) is 0. The molecule has 1 aliphatic rings. The van der Waals surface area contributed by atoms with Crippen LogP contribution in [0.5, 0.6) is 0 Å². The van der Waals surface area contributed by atoms with Crippen LogP contribution in [0.2, 0.25) is 0 Å². The van der Waals surface area contributed by atoms with Gasteiger partial charge in [-0.25, -0.2) is 4.68 Å². The van der Waals surface area contributed by atoms with Crippen molar-refractivity contribution in [3.63, 3.8) is 0 Å². The minimum absolute atomic E-state index is 0.706. The van der Waals surface area contributed by atoms with Crippen molar-refractivity contribution >= 4 is 11.0 Å². The van der Waals surface area contributed by atoms with Gasteiger partial charge in [0.25, 0.3) is 0 Å². The maximum Gasteiger partial charge on any atom is 0.134 e. The quantitative estimate of drug-likeness (QED) is 0.477. The summed E-state index contributed by atoms with van der Waals surface area (Å²) in [5.74, 6) is 1.08. The molecular formula is C24H25N3O. The molecule has 0 bridgehead atoms. The minimum Gasteiger partial charge on any atom is -0.461 e. The summed E-state index contributed by atoms with van der Waals surface area (Å²) in [6.07, 6.45) is 7.61. The molecule has 2 aromatic heterocycles. The second kappa shape index (κ2) is 7.28. The van der Waals surface area contributed by atoms with Gasteiger partial charge in [0.05, 0.1) is 11.9 Å². The van der Waals surface area contributed by atoms with E-state index >= 15 is 0 Å². The molecule has 4 nitrogen and oxygen atoms in total. The maximum absolute atomic E-state index is 6.08. The topological polar surface area (TPSA) is 34.2 Å². The Balaban J connectivity index is 1.36. The first-order valence-corrected chi connectivity index (χ1v) is 10.1. The predicted molar refractivity (Wildman–Crippen MR) is 113 cm³/mol. The Morgan fingerprint density at radius 3 is 2.79 bits per heavy atom. The molecule has 4 aromatic rings. The van der Waals surface area contributed by atoms with Gasteiger partial charge in [0.15, 0.2) is 0 Å². The maximum atomic E-state index is 6.08. The van der Waals surface area contributed by atoms with Crippen LogP contribution >= 0.6 is 0 Å². The van der Waals surface area contributed by atoms with E-state index in [9.17, 15) is 0 Å². The van der Waals surface area contributed by atoms with Crippen LogP contribution in [0.3, 0.4) is 0 Å². The molecule has 0 unspecified atom stereocenters. The molecule has 0 aliphatic carbocycles. The first kappa shape index (κ1) is 17.3. The van der Waals surface area contributed by atoms with Crippen LogP contribution in [0.15, 0.2) is 71.4 Å². The Labute approximate surface area is 165 Å². The number of para-hydroxylation sites is 1. The number of aromatic nitrogens is 2. The van der Waals surface area contributed by atoms with Crippen LogP contribution < -0.4 is 0 Å². The Kier molecular flexibility index (Phi) is 4.49. The van der Waals surface area contributed by atoms with Crippen LogP contribution in [-0.2, 0) is 6.42 Å². The zero-order chi connectivity index (χ0) is 18.9. The van der Waals surface area contributed by atoms with E-state index in [1.54, 1.807) is 0 Å². The van der Waals surface area contributed by atoms with E-state index in [1.165, 1.54) is 19.4 Å². The number of rotatable bonds is 5. The van der Waals surface area contributed by atoms with Crippen LogP contribution in [0.4, 0.5) is 0 Å². The highest BCUT2D eigenvalue weighted by Gasteiger charge is 2.20. The number of fused-ring (bicyclic) bond motifs is 1. The molecule has 28 heavy (non-hydrogen) atoms. The molecule has 1 aliphatic heterocycles. The Morgan fingerprint density at radius 1 is 1.07 bits per heavy atom. The molecule has 142 valence electrons. The fraction of sp³-hybridized carbons (Fsp3) is 0.292. The van der Waals surface area contributed by atoms with E-state index < -0.39 is 0 Å². The monoisotopic (exact) mass is 371 g/mol. The molecule has 2 aromatic carbocycles. The summed E-state index contributed by atoms with van der Waals surface area (Å²) in [4.78, 5) is 2.57. The molecule has 3 heterocycles. The molecule has 0 spiro atoms. The van der Waals surface area contributed by atoms with Gasteiger partial charge in [-0.15, -0.1) is 0 Å². The van der Waals surface area contributed by atoms with Crippen LogP contribution in [-0.4, -0.2) is 33.8 Å². The van der Waals surface area contributed by atoms with Crippen molar-refractivity contribution in [3.05, 3.63) is 72.8 Å². The second-order valence-electron chi connectivity index (χ2n) is 7.75. The van der Waals surface area contributed by atoms with Crippen LogP contribution in [0.1, 0.15) is 25.5 Å². The first-order valence-electron chi connectivity index (χ1n) is 10.1. The van der Waals surface area contributed by atoms with Gasteiger partial charge in [-0.1, -0.05) is 24.3 Å². The van der Waals surface area contributed by atoms with E-state index in [-0.39, 0.29) is 0 Å². The van der Waals surface area contributed by atoms with E-state index in [2.05, 4.69) is 59.5 Å². The molecule has 1 fully saturated rings. The Hall–Kier alpha value is -2.85. The van der Waals surface area contributed by atoms with Crippen molar-refractivity contribution in [2.24, 2.45) is 0 Å². The van der Waals surface area contributed by atoms with Crippen molar-refractivity contribution in [3.8, 4) is 16.8 Å². The van der Waals surface area contributed by atoms with Gasteiger partial charge in [0.2, 0.25) is 0 Å². The fourth-order valence-electron chi connectivity index (χ4n) is 4.17. The van der Waals surface area contributed by atoms with Gasteiger partial charge in [-0.2, -0.15) is 5.10 Å². The highest BCUT2D eigenvalue weighted by molar-refractivity contribution is 5.84.